The van der Waals surface area contributed by atoms with E-state index in [-0.39, 0.29) is 11.4 Å². The lowest BCUT2D eigenvalue weighted by molar-refractivity contribution is -0.275. The van der Waals surface area contributed by atoms with E-state index in [0.717, 1.165) is 7.11 Å². The number of pyridine rings is 1. The molecule has 0 fully saturated rings. The summed E-state index contributed by atoms with van der Waals surface area (Å²) in [5, 5.41) is -0.373. The van der Waals surface area contributed by atoms with Crippen molar-refractivity contribution in [2.24, 2.45) is 0 Å². The van der Waals surface area contributed by atoms with E-state index >= 15 is 0 Å². The average molecular weight is 396 g/mol. The topological polar surface area (TPSA) is 48.4 Å². The maximum absolute atomic E-state index is 12.8. The fourth-order valence-corrected chi connectivity index (χ4v) is 1.90. The largest absolute Gasteiger partial charge is 0.573 e. The van der Waals surface area contributed by atoms with E-state index in [4.69, 9.17) is 0 Å². The minimum absolute atomic E-state index is 0.162. The first-order chi connectivity index (χ1) is 9.97. The number of halogens is 7. The van der Waals surface area contributed by atoms with Gasteiger partial charge in [-0.25, -0.2) is 0 Å². The van der Waals surface area contributed by atoms with Gasteiger partial charge >= 0.3 is 18.5 Å². The molecule has 1 heterocycles. The number of ether oxygens (including phenoxy) is 2. The van der Waals surface area contributed by atoms with Gasteiger partial charge < -0.3 is 9.47 Å². The Balaban J connectivity index is 3.43. The van der Waals surface area contributed by atoms with Crippen LogP contribution in [0, 0.1) is 0 Å². The van der Waals surface area contributed by atoms with E-state index in [0.29, 0.717) is 0 Å². The van der Waals surface area contributed by atoms with Gasteiger partial charge in [-0.05, 0) is 6.07 Å². The number of alkyl halides is 7. The van der Waals surface area contributed by atoms with Crippen molar-refractivity contribution in [2.45, 2.75) is 24.3 Å². The Hall–Kier alpha value is -1.52. The molecule has 0 radical (unpaired) electrons. The molecule has 0 aliphatic rings. The molecule has 22 heavy (non-hydrogen) atoms. The maximum atomic E-state index is 12.8. The summed E-state index contributed by atoms with van der Waals surface area (Å²) in [6, 6.07) is 0.162. The molecule has 0 aliphatic carbocycles. The summed E-state index contributed by atoms with van der Waals surface area (Å²) in [6.07, 6.45) is -10.9. The van der Waals surface area contributed by atoms with Crippen molar-refractivity contribution in [1.82, 2.24) is 4.98 Å². The molecule has 0 N–H and O–H groups in total. The van der Waals surface area contributed by atoms with Crippen LogP contribution in [0.15, 0.2) is 6.07 Å². The number of methoxy groups -OCH3 is 1. The van der Waals surface area contributed by atoms with Gasteiger partial charge in [0.15, 0.2) is 5.75 Å². The monoisotopic (exact) mass is 395 g/mol. The summed E-state index contributed by atoms with van der Waals surface area (Å²) in [7, 11) is 0.974. The number of carbonyl (C=O) groups excluding carboxylic acids is 1. The molecule has 0 aromatic carbocycles. The quantitative estimate of drug-likeness (QED) is 0.444. The zero-order valence-corrected chi connectivity index (χ0v) is 12.4. The molecule has 1 aromatic heterocycles. The highest BCUT2D eigenvalue weighted by Crippen LogP contribution is 2.37. The van der Waals surface area contributed by atoms with Gasteiger partial charge in [-0.1, -0.05) is 15.9 Å². The first-order valence-electron chi connectivity index (χ1n) is 5.46. The fraction of sp³-hybridized carbons (Fsp3) is 0.455. The Kier molecular flexibility index (Phi) is 5.65. The van der Waals surface area contributed by atoms with Crippen molar-refractivity contribution < 1.29 is 40.6 Å². The molecule has 0 amide bonds. The highest BCUT2D eigenvalue weighted by atomic mass is 79.9. The molecule has 0 bridgehead atoms. The van der Waals surface area contributed by atoms with Gasteiger partial charge in [0.1, 0.15) is 0 Å². The van der Waals surface area contributed by atoms with Crippen molar-refractivity contribution in [2.75, 3.05) is 7.11 Å². The Morgan fingerprint density at radius 1 is 1.23 bits per heavy atom. The first kappa shape index (κ1) is 18.5. The zero-order valence-electron chi connectivity index (χ0n) is 10.8. The summed E-state index contributed by atoms with van der Waals surface area (Å²) in [5.41, 5.74) is -2.57. The van der Waals surface area contributed by atoms with Crippen LogP contribution in [0.3, 0.4) is 0 Å². The van der Waals surface area contributed by atoms with E-state index < -0.39 is 47.6 Å². The Morgan fingerprint density at radius 3 is 2.23 bits per heavy atom. The second kappa shape index (κ2) is 6.71. The maximum Gasteiger partial charge on any atom is 0.573 e. The van der Waals surface area contributed by atoms with Crippen LogP contribution in [0.2, 0.25) is 0 Å². The second-order valence-corrected chi connectivity index (χ2v) is 4.42. The minimum atomic E-state index is -5.23. The van der Waals surface area contributed by atoms with Crippen LogP contribution >= 0.6 is 15.9 Å². The van der Waals surface area contributed by atoms with E-state index in [9.17, 15) is 31.1 Å². The molecular formula is C11H8BrF6NO3. The van der Waals surface area contributed by atoms with Crippen LogP contribution in [0.4, 0.5) is 26.3 Å². The van der Waals surface area contributed by atoms with Gasteiger partial charge in [0.25, 0.3) is 0 Å². The molecular weight excluding hydrogens is 388 g/mol. The average Bonchev–Trinajstić information content (AvgIpc) is 2.37. The van der Waals surface area contributed by atoms with Crippen LogP contribution in [-0.2, 0) is 27.5 Å². The number of rotatable bonds is 4. The van der Waals surface area contributed by atoms with Gasteiger partial charge in [-0.15, -0.1) is 13.2 Å². The number of hydrogen-bond donors (Lipinski definition) is 0. The molecule has 0 unspecified atom stereocenters. The highest BCUT2D eigenvalue weighted by Gasteiger charge is 2.38. The predicted octanol–water partition coefficient (Wildman–Crippen LogP) is 3.61. The number of nitrogens with zero attached hydrogens (tertiary/aromatic N) is 1. The SMILES string of the molecule is COC(=O)Cc1nc(CBr)c(C(F)(F)F)cc1OC(F)(F)F. The normalized spacial score (nSPS) is 12.2. The molecule has 0 saturated carbocycles. The third kappa shape index (κ3) is 5.04. The number of esters is 1. The van der Waals surface area contributed by atoms with Crippen LogP contribution in [0.5, 0.6) is 5.75 Å². The van der Waals surface area contributed by atoms with Crippen LogP contribution < -0.4 is 4.74 Å². The molecule has 1 aromatic rings. The lowest BCUT2D eigenvalue weighted by Crippen LogP contribution is -2.21. The molecule has 0 aliphatic heterocycles. The summed E-state index contributed by atoms with van der Waals surface area (Å²) in [5.74, 6) is -2.17. The molecule has 1 rings (SSSR count). The molecule has 11 heteroatoms. The second-order valence-electron chi connectivity index (χ2n) is 3.86. The summed E-state index contributed by atoms with van der Waals surface area (Å²) < 4.78 is 83.1. The van der Waals surface area contributed by atoms with E-state index in [1.54, 1.807) is 0 Å². The van der Waals surface area contributed by atoms with Crippen molar-refractivity contribution in [3.8, 4) is 5.75 Å². The smallest absolute Gasteiger partial charge is 0.469 e. The molecule has 124 valence electrons. The minimum Gasteiger partial charge on any atom is -0.469 e. The van der Waals surface area contributed by atoms with Crippen molar-refractivity contribution in [3.05, 3.63) is 23.0 Å². The third-order valence-corrected chi connectivity index (χ3v) is 2.87. The number of carbonyl (C=O) groups is 1. The van der Waals surface area contributed by atoms with Crippen LogP contribution in [0.1, 0.15) is 17.0 Å². The van der Waals surface area contributed by atoms with Gasteiger partial charge in [-0.2, -0.15) is 13.2 Å². The number of hydrogen-bond acceptors (Lipinski definition) is 4. The lowest BCUT2D eigenvalue weighted by atomic mass is 10.1. The molecule has 0 saturated heterocycles. The van der Waals surface area contributed by atoms with Crippen LogP contribution in [-0.4, -0.2) is 24.4 Å². The van der Waals surface area contributed by atoms with Gasteiger partial charge in [0.2, 0.25) is 0 Å². The molecule has 0 atom stereocenters. The summed E-state index contributed by atoms with van der Waals surface area (Å²) >= 11 is 2.76. The number of aromatic nitrogens is 1. The van der Waals surface area contributed by atoms with Gasteiger partial charge in [0.05, 0.1) is 30.5 Å². The Labute approximate surface area is 128 Å². The first-order valence-corrected chi connectivity index (χ1v) is 6.58. The van der Waals surface area contributed by atoms with E-state index in [1.807, 2.05) is 0 Å². The zero-order chi connectivity index (χ0) is 17.1. The standard InChI is InChI=1S/C11H8BrF6NO3/c1-21-9(20)3-6-8(22-11(16,17)18)2-5(10(13,14)15)7(4-12)19-6/h2H,3-4H2,1H3. The Morgan fingerprint density at radius 2 is 1.82 bits per heavy atom. The predicted molar refractivity (Wildman–Crippen MR) is 64.3 cm³/mol. The van der Waals surface area contributed by atoms with Gasteiger partial charge in [0, 0.05) is 5.33 Å². The Bertz CT molecular complexity index is 558. The van der Waals surface area contributed by atoms with Crippen molar-refractivity contribution in [3.63, 3.8) is 0 Å². The van der Waals surface area contributed by atoms with Gasteiger partial charge in [-0.3, -0.25) is 9.78 Å². The van der Waals surface area contributed by atoms with E-state index in [2.05, 4.69) is 30.4 Å². The highest BCUT2D eigenvalue weighted by molar-refractivity contribution is 9.08. The lowest BCUT2D eigenvalue weighted by Gasteiger charge is -2.17. The van der Waals surface area contributed by atoms with Crippen molar-refractivity contribution >= 4 is 21.9 Å². The summed E-state index contributed by atoms with van der Waals surface area (Å²) in [6.45, 7) is 0. The summed E-state index contributed by atoms with van der Waals surface area (Å²) in [4.78, 5) is 14.6. The molecule has 0 spiro atoms. The van der Waals surface area contributed by atoms with Crippen LogP contribution in [0.25, 0.3) is 0 Å². The van der Waals surface area contributed by atoms with Crippen molar-refractivity contribution in [1.29, 1.82) is 0 Å². The van der Waals surface area contributed by atoms with E-state index in [1.165, 1.54) is 0 Å². The molecule has 4 nitrogen and oxygen atoms in total. The fourth-order valence-electron chi connectivity index (χ4n) is 1.47. The third-order valence-electron chi connectivity index (χ3n) is 2.34.